The Kier molecular flexibility index (Phi) is 7.96. The number of carbonyl (C=O) groups is 1. The summed E-state index contributed by atoms with van der Waals surface area (Å²) in [6.45, 7) is 3.78. The van der Waals surface area contributed by atoms with Gasteiger partial charge in [0.2, 0.25) is 0 Å². The lowest BCUT2D eigenvalue weighted by Gasteiger charge is -2.17. The molecule has 8 heteroatoms. The third-order valence-corrected chi connectivity index (χ3v) is 5.64. The van der Waals surface area contributed by atoms with Gasteiger partial charge in [0, 0.05) is 0 Å². The molecule has 2 nitrogen and oxygen atoms in total. The van der Waals surface area contributed by atoms with Crippen LogP contribution in [0.25, 0.3) is 23.3 Å². The zero-order chi connectivity index (χ0) is 26.7. The second-order valence-electron chi connectivity index (χ2n) is 8.94. The standard InChI is InChI=1S/C28H24F6O2/c1-17(2)13-25(26(35)36)22-15-19(4-3-18-5-9-23(10-6-18)27(29,30)31)14-21(16-22)20-7-11-24(12-8-20)28(32,33)34/h3-12,14-17,25H,13H2,1-2H3,(H,35,36). The molecule has 190 valence electrons. The summed E-state index contributed by atoms with van der Waals surface area (Å²) in [7, 11) is 0. The zero-order valence-corrected chi connectivity index (χ0v) is 19.5. The molecule has 3 rings (SSSR count). The minimum atomic E-state index is -4.48. The van der Waals surface area contributed by atoms with E-state index in [0.717, 1.165) is 24.3 Å². The van der Waals surface area contributed by atoms with Crippen LogP contribution < -0.4 is 0 Å². The first-order chi connectivity index (χ1) is 16.7. The monoisotopic (exact) mass is 506 g/mol. The first kappa shape index (κ1) is 27.0. The highest BCUT2D eigenvalue weighted by Crippen LogP contribution is 2.34. The Labute approximate surface area is 204 Å². The highest BCUT2D eigenvalue weighted by Gasteiger charge is 2.30. The largest absolute Gasteiger partial charge is 0.481 e. The predicted octanol–water partition coefficient (Wildman–Crippen LogP) is 8.78. The molecule has 0 saturated carbocycles. The highest BCUT2D eigenvalue weighted by molar-refractivity contribution is 5.80. The molecule has 0 amide bonds. The lowest BCUT2D eigenvalue weighted by Crippen LogP contribution is -2.14. The van der Waals surface area contributed by atoms with E-state index in [4.69, 9.17) is 0 Å². The number of aliphatic carboxylic acids is 1. The van der Waals surface area contributed by atoms with E-state index in [2.05, 4.69) is 0 Å². The molecule has 3 aromatic rings. The maximum atomic E-state index is 13.0. The zero-order valence-electron chi connectivity index (χ0n) is 19.5. The Morgan fingerprint density at radius 2 is 1.25 bits per heavy atom. The van der Waals surface area contributed by atoms with E-state index in [1.165, 1.54) is 24.3 Å². The van der Waals surface area contributed by atoms with Crippen LogP contribution in [0.1, 0.15) is 54.0 Å². The summed E-state index contributed by atoms with van der Waals surface area (Å²) in [6.07, 6.45) is -5.35. The summed E-state index contributed by atoms with van der Waals surface area (Å²) < 4.78 is 77.4. The Balaban J connectivity index is 2.04. The van der Waals surface area contributed by atoms with Crippen LogP contribution in [-0.2, 0) is 17.1 Å². The number of carboxylic acids is 1. The van der Waals surface area contributed by atoms with Crippen LogP contribution in [0, 0.1) is 5.92 Å². The van der Waals surface area contributed by atoms with Gasteiger partial charge in [0.15, 0.2) is 0 Å². The summed E-state index contributed by atoms with van der Waals surface area (Å²) in [5.41, 5.74) is 0.989. The first-order valence-corrected chi connectivity index (χ1v) is 11.1. The molecule has 0 aliphatic heterocycles. The van der Waals surface area contributed by atoms with Crippen molar-refractivity contribution in [2.24, 2.45) is 5.92 Å². The molecule has 0 radical (unpaired) electrons. The van der Waals surface area contributed by atoms with Crippen molar-refractivity contribution in [1.82, 2.24) is 0 Å². The maximum Gasteiger partial charge on any atom is 0.416 e. The number of carboxylic acid groups (broad SMARTS) is 1. The molecule has 0 fully saturated rings. The van der Waals surface area contributed by atoms with Gasteiger partial charge in [-0.05, 0) is 70.5 Å². The van der Waals surface area contributed by atoms with Crippen molar-refractivity contribution >= 4 is 18.1 Å². The van der Waals surface area contributed by atoms with Crippen LogP contribution in [-0.4, -0.2) is 11.1 Å². The van der Waals surface area contributed by atoms with Crippen molar-refractivity contribution < 1.29 is 36.2 Å². The maximum absolute atomic E-state index is 13.0. The van der Waals surface area contributed by atoms with E-state index in [9.17, 15) is 36.2 Å². The number of hydrogen-bond donors (Lipinski definition) is 1. The van der Waals surface area contributed by atoms with Gasteiger partial charge in [0.25, 0.3) is 0 Å². The van der Waals surface area contributed by atoms with Gasteiger partial charge in [-0.1, -0.05) is 62.4 Å². The van der Waals surface area contributed by atoms with E-state index in [0.29, 0.717) is 34.2 Å². The molecule has 0 bridgehead atoms. The highest BCUT2D eigenvalue weighted by atomic mass is 19.4. The van der Waals surface area contributed by atoms with Crippen LogP contribution in [0.5, 0.6) is 0 Å². The fraction of sp³-hybridized carbons (Fsp3) is 0.250. The van der Waals surface area contributed by atoms with Gasteiger partial charge in [-0.2, -0.15) is 26.3 Å². The minimum absolute atomic E-state index is 0.0759. The summed E-state index contributed by atoms with van der Waals surface area (Å²) in [5, 5.41) is 9.82. The molecule has 1 atom stereocenters. The average Bonchev–Trinajstić information content (AvgIpc) is 2.80. The van der Waals surface area contributed by atoms with Crippen molar-refractivity contribution in [3.8, 4) is 11.1 Å². The van der Waals surface area contributed by atoms with E-state index < -0.39 is 35.4 Å². The van der Waals surface area contributed by atoms with E-state index in [1.807, 2.05) is 13.8 Å². The number of alkyl halides is 6. The molecule has 0 aromatic heterocycles. The molecular formula is C28H24F6O2. The summed E-state index contributed by atoms with van der Waals surface area (Å²) in [4.78, 5) is 12.0. The Hall–Kier alpha value is -3.55. The minimum Gasteiger partial charge on any atom is -0.481 e. The van der Waals surface area contributed by atoms with Gasteiger partial charge in [-0.3, -0.25) is 4.79 Å². The quantitative estimate of drug-likeness (QED) is 0.257. The van der Waals surface area contributed by atoms with Crippen molar-refractivity contribution in [2.75, 3.05) is 0 Å². The van der Waals surface area contributed by atoms with Crippen LogP contribution in [0.4, 0.5) is 26.3 Å². The Bertz CT molecular complexity index is 1220. The van der Waals surface area contributed by atoms with Gasteiger partial charge in [-0.15, -0.1) is 0 Å². The molecule has 36 heavy (non-hydrogen) atoms. The van der Waals surface area contributed by atoms with E-state index in [1.54, 1.807) is 30.4 Å². The Morgan fingerprint density at radius 1 is 0.750 bits per heavy atom. The molecule has 0 aliphatic rings. The van der Waals surface area contributed by atoms with Crippen molar-refractivity contribution in [1.29, 1.82) is 0 Å². The van der Waals surface area contributed by atoms with E-state index in [-0.39, 0.29) is 5.92 Å². The van der Waals surface area contributed by atoms with Crippen molar-refractivity contribution in [2.45, 2.75) is 38.5 Å². The van der Waals surface area contributed by atoms with Gasteiger partial charge < -0.3 is 5.11 Å². The second-order valence-corrected chi connectivity index (χ2v) is 8.94. The first-order valence-electron chi connectivity index (χ1n) is 11.1. The van der Waals surface area contributed by atoms with Crippen LogP contribution in [0.15, 0.2) is 66.7 Å². The predicted molar refractivity (Wildman–Crippen MR) is 127 cm³/mol. The lowest BCUT2D eigenvalue weighted by molar-refractivity contribution is -0.139. The normalized spacial score (nSPS) is 13.4. The van der Waals surface area contributed by atoms with Gasteiger partial charge in [-0.25, -0.2) is 0 Å². The smallest absolute Gasteiger partial charge is 0.416 e. The molecule has 0 heterocycles. The fourth-order valence-electron chi connectivity index (χ4n) is 3.82. The Morgan fingerprint density at radius 3 is 1.72 bits per heavy atom. The van der Waals surface area contributed by atoms with Crippen molar-refractivity contribution in [3.05, 3.63) is 94.5 Å². The number of halogens is 6. The topological polar surface area (TPSA) is 37.3 Å². The molecule has 1 unspecified atom stereocenters. The molecular weight excluding hydrogens is 482 g/mol. The summed E-state index contributed by atoms with van der Waals surface area (Å²) in [6, 6.07) is 14.2. The van der Waals surface area contributed by atoms with Crippen molar-refractivity contribution in [3.63, 3.8) is 0 Å². The van der Waals surface area contributed by atoms with E-state index >= 15 is 0 Å². The molecule has 0 saturated heterocycles. The third-order valence-electron chi connectivity index (χ3n) is 5.64. The average molecular weight is 506 g/mol. The van der Waals surface area contributed by atoms with Crippen LogP contribution in [0.3, 0.4) is 0 Å². The third kappa shape index (κ3) is 6.99. The summed E-state index contributed by atoms with van der Waals surface area (Å²) in [5.74, 6) is -1.78. The SMILES string of the molecule is CC(C)CC(C(=O)O)c1cc(C=Cc2ccc(C(F)(F)F)cc2)cc(-c2ccc(C(F)(F)F)cc2)c1. The van der Waals surface area contributed by atoms with Gasteiger partial charge in [0.1, 0.15) is 0 Å². The molecule has 3 aromatic carbocycles. The number of rotatable bonds is 7. The number of hydrogen-bond acceptors (Lipinski definition) is 1. The molecule has 0 spiro atoms. The summed E-state index contributed by atoms with van der Waals surface area (Å²) >= 11 is 0. The van der Waals surface area contributed by atoms with Gasteiger partial charge in [0.05, 0.1) is 17.0 Å². The van der Waals surface area contributed by atoms with Crippen LogP contribution in [0.2, 0.25) is 0 Å². The molecule has 1 N–H and O–H groups in total. The molecule has 0 aliphatic carbocycles. The number of benzene rings is 3. The lowest BCUT2D eigenvalue weighted by atomic mass is 9.87. The fourth-order valence-corrected chi connectivity index (χ4v) is 3.82. The van der Waals surface area contributed by atoms with Crippen LogP contribution >= 0.6 is 0 Å². The second kappa shape index (κ2) is 10.6. The van der Waals surface area contributed by atoms with Gasteiger partial charge >= 0.3 is 18.3 Å².